The van der Waals surface area contributed by atoms with Crippen LogP contribution in [-0.2, 0) is 4.79 Å². The van der Waals surface area contributed by atoms with Crippen LogP contribution in [0.5, 0.6) is 0 Å². The molecule has 0 atom stereocenters. The molecule has 4 aromatic rings. The van der Waals surface area contributed by atoms with Crippen molar-refractivity contribution in [1.82, 2.24) is 9.97 Å². The fraction of sp³-hybridized carbons (Fsp3) is 0.136. The minimum Gasteiger partial charge on any atom is -0.301 e. The molecule has 0 fully saturated rings. The molecule has 2 aromatic carbocycles. The van der Waals surface area contributed by atoms with E-state index >= 15 is 0 Å². The van der Waals surface area contributed by atoms with E-state index in [0.29, 0.717) is 10.8 Å². The number of hydrogen-bond donors (Lipinski definition) is 1. The molecule has 5 heteroatoms. The lowest BCUT2D eigenvalue weighted by molar-refractivity contribution is -0.116. The number of nitrogens with one attached hydrogen (secondary N) is 1. The SMILES string of the molecule is Cc1cc(C)c2sc(NC(=O)C(c3ccccc3)c3ccccc3)nc2n1. The summed E-state index contributed by atoms with van der Waals surface area (Å²) < 4.78 is 1.01. The average molecular weight is 373 g/mol. The van der Waals surface area contributed by atoms with Crippen molar-refractivity contribution in [3.8, 4) is 0 Å². The summed E-state index contributed by atoms with van der Waals surface area (Å²) in [6, 6.07) is 21.6. The van der Waals surface area contributed by atoms with Crippen molar-refractivity contribution in [2.45, 2.75) is 19.8 Å². The molecule has 0 saturated carbocycles. The first-order valence-electron chi connectivity index (χ1n) is 8.77. The molecule has 4 rings (SSSR count). The van der Waals surface area contributed by atoms with Gasteiger partial charge >= 0.3 is 0 Å². The summed E-state index contributed by atoms with van der Waals surface area (Å²) in [4.78, 5) is 22.2. The summed E-state index contributed by atoms with van der Waals surface area (Å²) >= 11 is 1.46. The Bertz CT molecular complexity index is 1050. The van der Waals surface area contributed by atoms with Crippen LogP contribution in [0.2, 0.25) is 0 Å². The van der Waals surface area contributed by atoms with E-state index in [-0.39, 0.29) is 5.91 Å². The fourth-order valence-electron chi connectivity index (χ4n) is 3.24. The number of carbonyl (C=O) groups excluding carboxylic acids is 1. The molecule has 0 aliphatic rings. The molecule has 0 spiro atoms. The number of pyridine rings is 1. The second-order valence-corrected chi connectivity index (χ2v) is 7.49. The van der Waals surface area contributed by atoms with Crippen molar-refractivity contribution >= 4 is 32.7 Å². The summed E-state index contributed by atoms with van der Waals surface area (Å²) in [5.74, 6) is -0.490. The highest BCUT2D eigenvalue weighted by molar-refractivity contribution is 7.22. The highest BCUT2D eigenvalue weighted by Gasteiger charge is 2.23. The van der Waals surface area contributed by atoms with Crippen molar-refractivity contribution in [1.29, 1.82) is 0 Å². The van der Waals surface area contributed by atoms with Crippen LogP contribution in [0.25, 0.3) is 10.3 Å². The Hall–Kier alpha value is -3.05. The number of amides is 1. The van der Waals surface area contributed by atoms with Crippen molar-refractivity contribution in [3.05, 3.63) is 89.1 Å². The largest absolute Gasteiger partial charge is 0.301 e. The number of nitrogens with zero attached hydrogens (tertiary/aromatic N) is 2. The van der Waals surface area contributed by atoms with Crippen LogP contribution in [-0.4, -0.2) is 15.9 Å². The van der Waals surface area contributed by atoms with Gasteiger partial charge in [0.15, 0.2) is 10.8 Å². The maximum atomic E-state index is 13.2. The van der Waals surface area contributed by atoms with E-state index in [2.05, 4.69) is 15.3 Å². The number of fused-ring (bicyclic) bond motifs is 1. The second kappa shape index (κ2) is 7.29. The molecule has 2 heterocycles. The van der Waals surface area contributed by atoms with E-state index in [9.17, 15) is 4.79 Å². The summed E-state index contributed by atoms with van der Waals surface area (Å²) in [5.41, 5.74) is 4.64. The quantitative estimate of drug-likeness (QED) is 0.543. The lowest BCUT2D eigenvalue weighted by Gasteiger charge is -2.16. The number of anilines is 1. The molecule has 27 heavy (non-hydrogen) atoms. The van der Waals surface area contributed by atoms with Gasteiger partial charge in [0.2, 0.25) is 5.91 Å². The highest BCUT2D eigenvalue weighted by Crippen LogP contribution is 2.31. The topological polar surface area (TPSA) is 54.9 Å². The van der Waals surface area contributed by atoms with Crippen molar-refractivity contribution < 1.29 is 4.79 Å². The van der Waals surface area contributed by atoms with Crippen LogP contribution in [0.1, 0.15) is 28.3 Å². The van der Waals surface area contributed by atoms with Crippen molar-refractivity contribution in [3.63, 3.8) is 0 Å². The number of benzene rings is 2. The van der Waals surface area contributed by atoms with E-state index in [4.69, 9.17) is 0 Å². The van der Waals surface area contributed by atoms with Gasteiger partial charge in [-0.15, -0.1) is 0 Å². The van der Waals surface area contributed by atoms with Crippen LogP contribution in [0.4, 0.5) is 5.13 Å². The smallest absolute Gasteiger partial charge is 0.238 e. The molecular weight excluding hydrogens is 354 g/mol. The third-order valence-corrected chi connectivity index (χ3v) is 5.53. The third-order valence-electron chi connectivity index (χ3n) is 4.43. The van der Waals surface area contributed by atoms with Crippen molar-refractivity contribution in [2.75, 3.05) is 5.32 Å². The van der Waals surface area contributed by atoms with Gasteiger partial charge < -0.3 is 5.32 Å². The first-order chi connectivity index (χ1) is 13.1. The number of aryl methyl sites for hydroxylation is 2. The number of thiazole rings is 1. The van der Waals surface area contributed by atoms with Gasteiger partial charge in [0.25, 0.3) is 0 Å². The Morgan fingerprint density at radius 2 is 1.52 bits per heavy atom. The third kappa shape index (κ3) is 3.59. The van der Waals surface area contributed by atoms with Gasteiger partial charge in [-0.25, -0.2) is 4.98 Å². The predicted octanol–water partition coefficient (Wildman–Crippen LogP) is 5.08. The molecule has 0 saturated heterocycles. The molecule has 2 aromatic heterocycles. The minimum absolute atomic E-state index is 0.0965. The van der Waals surface area contributed by atoms with Crippen LogP contribution in [0.3, 0.4) is 0 Å². The van der Waals surface area contributed by atoms with E-state index < -0.39 is 5.92 Å². The number of carbonyl (C=O) groups is 1. The molecule has 0 aliphatic carbocycles. The molecule has 134 valence electrons. The number of aromatic nitrogens is 2. The van der Waals surface area contributed by atoms with Gasteiger partial charge in [-0.2, -0.15) is 4.98 Å². The Morgan fingerprint density at radius 1 is 0.926 bits per heavy atom. The van der Waals surface area contributed by atoms with E-state index in [1.54, 1.807) is 0 Å². The van der Waals surface area contributed by atoms with Crippen molar-refractivity contribution in [2.24, 2.45) is 0 Å². The normalized spacial score (nSPS) is 11.1. The lowest BCUT2D eigenvalue weighted by atomic mass is 9.90. The molecule has 0 bridgehead atoms. The summed E-state index contributed by atoms with van der Waals surface area (Å²) in [6.07, 6.45) is 0. The summed E-state index contributed by atoms with van der Waals surface area (Å²) in [6.45, 7) is 3.99. The Labute approximate surface area is 161 Å². The van der Waals surface area contributed by atoms with Gasteiger partial charge in [-0.05, 0) is 36.6 Å². The van der Waals surface area contributed by atoms with Crippen LogP contribution in [0.15, 0.2) is 66.7 Å². The molecule has 1 N–H and O–H groups in total. The fourth-order valence-corrected chi connectivity index (χ4v) is 4.12. The van der Waals surface area contributed by atoms with Gasteiger partial charge in [0.05, 0.1) is 10.6 Å². The minimum atomic E-state index is -0.393. The lowest BCUT2D eigenvalue weighted by Crippen LogP contribution is -2.22. The molecule has 0 radical (unpaired) electrons. The van der Waals surface area contributed by atoms with Crippen LogP contribution in [0, 0.1) is 13.8 Å². The predicted molar refractivity (Wildman–Crippen MR) is 110 cm³/mol. The van der Waals surface area contributed by atoms with Gasteiger partial charge in [-0.1, -0.05) is 72.0 Å². The molecule has 1 amide bonds. The van der Waals surface area contributed by atoms with Crippen LogP contribution < -0.4 is 5.32 Å². The first kappa shape index (κ1) is 17.4. The maximum Gasteiger partial charge on any atom is 0.238 e. The second-order valence-electron chi connectivity index (χ2n) is 6.50. The zero-order valence-electron chi connectivity index (χ0n) is 15.1. The Morgan fingerprint density at radius 3 is 2.11 bits per heavy atom. The number of rotatable bonds is 4. The summed E-state index contributed by atoms with van der Waals surface area (Å²) in [5, 5.41) is 3.58. The number of hydrogen-bond acceptors (Lipinski definition) is 4. The first-order valence-corrected chi connectivity index (χ1v) is 9.59. The standard InChI is InChI=1S/C22H19N3OS/c1-14-13-15(2)23-20-19(14)27-22(24-20)25-21(26)18(16-9-5-3-6-10-16)17-11-7-4-8-12-17/h3-13,18H,1-2H3,(H,23,24,25,26). The Kier molecular flexibility index (Phi) is 4.69. The van der Waals surface area contributed by atoms with E-state index in [1.165, 1.54) is 11.3 Å². The summed E-state index contributed by atoms with van der Waals surface area (Å²) in [7, 11) is 0. The molecule has 0 unspecified atom stereocenters. The molecular formula is C22H19N3OS. The highest BCUT2D eigenvalue weighted by atomic mass is 32.1. The van der Waals surface area contributed by atoms with Gasteiger partial charge in [-0.3, -0.25) is 4.79 Å². The zero-order chi connectivity index (χ0) is 18.8. The zero-order valence-corrected chi connectivity index (χ0v) is 16.0. The van der Waals surface area contributed by atoms with Crippen LogP contribution >= 0.6 is 11.3 Å². The van der Waals surface area contributed by atoms with E-state index in [1.807, 2.05) is 80.6 Å². The maximum absolute atomic E-state index is 13.2. The van der Waals surface area contributed by atoms with E-state index in [0.717, 1.165) is 27.1 Å². The average Bonchev–Trinajstić information content (AvgIpc) is 3.06. The molecule has 4 nitrogen and oxygen atoms in total. The van der Waals surface area contributed by atoms with Gasteiger partial charge in [0.1, 0.15) is 0 Å². The van der Waals surface area contributed by atoms with Gasteiger partial charge in [0, 0.05) is 5.69 Å². The molecule has 0 aliphatic heterocycles. The Balaban J connectivity index is 1.69. The monoisotopic (exact) mass is 373 g/mol.